The van der Waals surface area contributed by atoms with Gasteiger partial charge in [-0.15, -0.1) is 0 Å². The molecule has 2 aromatic rings. The van der Waals surface area contributed by atoms with E-state index >= 15 is 0 Å². The molecule has 2 aromatic carbocycles. The van der Waals surface area contributed by atoms with Crippen molar-refractivity contribution in [3.05, 3.63) is 53.1 Å². The minimum atomic E-state index is -4.44. The van der Waals surface area contributed by atoms with Crippen molar-refractivity contribution < 1.29 is 32.5 Å². The van der Waals surface area contributed by atoms with Crippen molar-refractivity contribution in [3.8, 4) is 11.5 Å². The normalized spacial score (nSPS) is 14.0. The van der Waals surface area contributed by atoms with E-state index in [9.17, 15) is 18.0 Å². The average molecular weight is 497 g/mol. The molecule has 0 saturated heterocycles. The highest BCUT2D eigenvalue weighted by molar-refractivity contribution is 6.00. The number of carbonyl (C=O) groups excluding carboxylic acids is 1. The second-order valence-electron chi connectivity index (χ2n) is 8.29. The van der Waals surface area contributed by atoms with Gasteiger partial charge >= 0.3 is 6.18 Å². The molecule has 0 saturated carbocycles. The number of alkyl halides is 3. The number of ether oxygens (including phenoxy) is 2. The van der Waals surface area contributed by atoms with Crippen LogP contribution in [0.1, 0.15) is 27.9 Å². The molecule has 1 aliphatic heterocycles. The molecule has 1 atom stereocenters. The lowest BCUT2D eigenvalue weighted by Gasteiger charge is -2.22. The first kappa shape index (κ1) is 26.6. The number of primary amides is 1. The summed E-state index contributed by atoms with van der Waals surface area (Å²) in [4.78, 5) is 14.2. The van der Waals surface area contributed by atoms with Crippen molar-refractivity contribution in [2.75, 3.05) is 44.4 Å². The molecular weight excluding hydrogens is 465 g/mol. The molecule has 8 nitrogen and oxygen atoms in total. The number of halogens is 3. The van der Waals surface area contributed by atoms with Gasteiger partial charge in [0.05, 0.1) is 17.4 Å². The van der Waals surface area contributed by atoms with Crippen molar-refractivity contribution in [3.63, 3.8) is 0 Å². The first-order valence-corrected chi connectivity index (χ1v) is 11.4. The molecule has 192 valence electrons. The number of nitrogens with zero attached hydrogens (tertiary/aromatic N) is 1. The number of benzene rings is 2. The van der Waals surface area contributed by atoms with Gasteiger partial charge in [-0.2, -0.15) is 13.2 Å². The zero-order valence-corrected chi connectivity index (χ0v) is 19.3. The van der Waals surface area contributed by atoms with E-state index in [4.69, 9.17) is 26.0 Å². The van der Waals surface area contributed by atoms with E-state index in [1.807, 2.05) is 6.07 Å². The number of fused-ring (bicyclic) bond motifs is 1. The van der Waals surface area contributed by atoms with Crippen LogP contribution in [0.3, 0.4) is 0 Å². The highest BCUT2D eigenvalue weighted by atomic mass is 19.4. The largest absolute Gasteiger partial charge is 0.488 e. The Bertz CT molecular complexity index is 1000. The molecule has 11 heteroatoms. The van der Waals surface area contributed by atoms with Crippen LogP contribution >= 0.6 is 0 Å². The highest BCUT2D eigenvalue weighted by Gasteiger charge is 2.29. The Kier molecular flexibility index (Phi) is 9.19. The van der Waals surface area contributed by atoms with E-state index in [1.165, 1.54) is 12.1 Å². The molecule has 0 aliphatic carbocycles. The van der Waals surface area contributed by atoms with Crippen molar-refractivity contribution in [1.29, 1.82) is 0 Å². The molecule has 1 aliphatic rings. The number of aliphatic hydroxyl groups excluding tert-OH is 1. The number of carbonyl (C=O) groups is 1. The molecule has 0 spiro atoms. The van der Waals surface area contributed by atoms with Gasteiger partial charge in [-0.3, -0.25) is 10.1 Å². The van der Waals surface area contributed by atoms with Gasteiger partial charge in [-0.1, -0.05) is 18.2 Å². The molecule has 0 bridgehead atoms. The fourth-order valence-corrected chi connectivity index (χ4v) is 4.06. The Morgan fingerprint density at radius 1 is 1.20 bits per heavy atom. The van der Waals surface area contributed by atoms with Crippen molar-refractivity contribution >= 4 is 11.6 Å². The van der Waals surface area contributed by atoms with Gasteiger partial charge in [-0.05, 0) is 42.2 Å². The first-order valence-electron chi connectivity index (χ1n) is 11.4. The van der Waals surface area contributed by atoms with Crippen LogP contribution in [-0.4, -0.2) is 62.8 Å². The summed E-state index contributed by atoms with van der Waals surface area (Å²) in [5, 5.41) is 12.2. The Morgan fingerprint density at radius 2 is 1.91 bits per heavy atom. The van der Waals surface area contributed by atoms with E-state index in [2.05, 4.69) is 10.2 Å². The van der Waals surface area contributed by atoms with Crippen molar-refractivity contribution in [1.82, 2.24) is 5.32 Å². The predicted molar refractivity (Wildman–Crippen MR) is 126 cm³/mol. The molecule has 1 amide bonds. The lowest BCUT2D eigenvalue weighted by molar-refractivity contribution is -0.153. The van der Waals surface area contributed by atoms with Gasteiger partial charge in [0.2, 0.25) is 0 Å². The SMILES string of the molecule is NC(=O)c1cc(C[C@H](N)NCCOc2ccccc2OCC(F)(F)F)cc2c1N(CCCO)CC2. The third-order valence-electron chi connectivity index (χ3n) is 5.53. The van der Waals surface area contributed by atoms with Gasteiger partial charge in [0, 0.05) is 32.7 Å². The number of nitrogens with two attached hydrogens (primary N) is 2. The number of hydrogen-bond acceptors (Lipinski definition) is 7. The maximum atomic E-state index is 12.4. The molecule has 0 radical (unpaired) electrons. The van der Waals surface area contributed by atoms with Crippen LogP contribution in [0.4, 0.5) is 18.9 Å². The second kappa shape index (κ2) is 12.1. The van der Waals surface area contributed by atoms with E-state index in [0.717, 1.165) is 29.8 Å². The molecule has 3 rings (SSSR count). The second-order valence-corrected chi connectivity index (χ2v) is 8.29. The number of nitrogens with one attached hydrogen (secondary N) is 1. The lowest BCUT2D eigenvalue weighted by Crippen LogP contribution is -2.41. The summed E-state index contributed by atoms with van der Waals surface area (Å²) >= 11 is 0. The Balaban J connectivity index is 1.53. The van der Waals surface area contributed by atoms with Gasteiger partial charge in [-0.25, -0.2) is 0 Å². The highest BCUT2D eigenvalue weighted by Crippen LogP contribution is 2.33. The monoisotopic (exact) mass is 496 g/mol. The van der Waals surface area contributed by atoms with Crippen LogP contribution in [0.5, 0.6) is 11.5 Å². The predicted octanol–water partition coefficient (Wildman–Crippen LogP) is 1.97. The van der Waals surface area contributed by atoms with E-state index in [-0.39, 0.29) is 24.7 Å². The summed E-state index contributed by atoms with van der Waals surface area (Å²) in [6.07, 6.45) is -3.06. The fraction of sp³-hybridized carbons (Fsp3) is 0.458. The van der Waals surface area contributed by atoms with Crippen LogP contribution in [-0.2, 0) is 12.8 Å². The third-order valence-corrected chi connectivity index (χ3v) is 5.53. The molecular formula is C24H31F3N4O4. The maximum absolute atomic E-state index is 12.4. The Labute approximate surface area is 202 Å². The fourth-order valence-electron chi connectivity index (χ4n) is 4.06. The van der Waals surface area contributed by atoms with Gasteiger partial charge in [0.1, 0.15) is 6.61 Å². The standard InChI is InChI=1S/C24H31F3N4O4/c25-24(26,27)15-35-20-5-2-1-4-19(20)34-11-7-30-21(28)14-16-12-17-6-9-31(8-3-10-32)22(17)18(13-16)23(29)33/h1-2,4-5,12-13,21,30,32H,3,6-11,14-15,28H2,(H2,29,33)/t21-/m1/s1. The smallest absolute Gasteiger partial charge is 0.422 e. The quantitative estimate of drug-likeness (QED) is 0.247. The summed E-state index contributed by atoms with van der Waals surface area (Å²) in [6, 6.07) is 9.93. The summed E-state index contributed by atoms with van der Waals surface area (Å²) in [6.45, 7) is 0.591. The molecule has 1 heterocycles. The zero-order chi connectivity index (χ0) is 25.4. The van der Waals surface area contributed by atoms with Gasteiger partial charge in [0.15, 0.2) is 18.1 Å². The van der Waals surface area contributed by atoms with Crippen molar-refractivity contribution in [2.24, 2.45) is 11.5 Å². The summed E-state index contributed by atoms with van der Waals surface area (Å²) in [5.41, 5.74) is 15.0. The van der Waals surface area contributed by atoms with E-state index in [1.54, 1.807) is 18.2 Å². The molecule has 35 heavy (non-hydrogen) atoms. The molecule has 0 unspecified atom stereocenters. The maximum Gasteiger partial charge on any atom is 0.422 e. The lowest BCUT2D eigenvalue weighted by atomic mass is 9.99. The van der Waals surface area contributed by atoms with Crippen LogP contribution in [0, 0.1) is 0 Å². The number of rotatable bonds is 13. The van der Waals surface area contributed by atoms with Gasteiger partial charge < -0.3 is 30.9 Å². The number of aliphatic hydroxyl groups is 1. The van der Waals surface area contributed by atoms with E-state index in [0.29, 0.717) is 31.5 Å². The Morgan fingerprint density at radius 3 is 2.57 bits per heavy atom. The number of hydrogen-bond donors (Lipinski definition) is 4. The zero-order valence-electron chi connectivity index (χ0n) is 19.3. The third kappa shape index (κ3) is 7.74. The van der Waals surface area contributed by atoms with Crippen LogP contribution in [0.2, 0.25) is 0 Å². The van der Waals surface area contributed by atoms with E-state index < -0.39 is 24.9 Å². The summed E-state index contributed by atoms with van der Waals surface area (Å²) in [5.74, 6) is -0.290. The molecule has 6 N–H and O–H groups in total. The number of anilines is 1. The molecule has 0 aromatic heterocycles. The van der Waals surface area contributed by atoms with Crippen LogP contribution < -0.4 is 31.2 Å². The minimum Gasteiger partial charge on any atom is -0.488 e. The van der Waals surface area contributed by atoms with Crippen molar-refractivity contribution in [2.45, 2.75) is 31.6 Å². The minimum absolute atomic E-state index is 0.0132. The first-order chi connectivity index (χ1) is 16.7. The van der Waals surface area contributed by atoms with Crippen LogP contribution in [0.25, 0.3) is 0 Å². The topological polar surface area (TPSA) is 123 Å². The number of para-hydroxylation sites is 2. The summed E-state index contributed by atoms with van der Waals surface area (Å²) in [7, 11) is 0. The Hall–Kier alpha value is -3.02. The summed E-state index contributed by atoms with van der Waals surface area (Å²) < 4.78 is 47.7. The molecule has 0 fully saturated rings. The number of amides is 1. The average Bonchev–Trinajstić information content (AvgIpc) is 3.21. The van der Waals surface area contributed by atoms with Crippen LogP contribution in [0.15, 0.2) is 36.4 Å². The van der Waals surface area contributed by atoms with Gasteiger partial charge in [0.25, 0.3) is 5.91 Å².